The molecule has 2 aliphatic rings. The van der Waals surface area contributed by atoms with E-state index in [1.165, 1.54) is 4.88 Å². The summed E-state index contributed by atoms with van der Waals surface area (Å²) in [5.74, 6) is -4.90. The number of amides is 1. The number of carbonyl (C=O) groups excluding carboxylic acids is 1. The Hall–Kier alpha value is -2.72. The lowest BCUT2D eigenvalue weighted by Gasteiger charge is -2.30. The first-order chi connectivity index (χ1) is 14.8. The molecule has 1 aliphatic carbocycles. The largest absolute Gasteiger partial charge is 0.381 e. The van der Waals surface area contributed by atoms with E-state index >= 15 is 0 Å². The van der Waals surface area contributed by atoms with E-state index < -0.39 is 24.0 Å². The van der Waals surface area contributed by atoms with Gasteiger partial charge in [0.2, 0.25) is 0 Å². The van der Waals surface area contributed by atoms with Gasteiger partial charge in [-0.15, -0.1) is 11.3 Å². The molecule has 0 spiro atoms. The maximum atomic E-state index is 14.4. The van der Waals surface area contributed by atoms with Crippen molar-refractivity contribution in [2.75, 3.05) is 18.0 Å². The first-order valence-corrected chi connectivity index (χ1v) is 11.0. The lowest BCUT2D eigenvalue weighted by atomic mass is 9.94. The molecule has 1 amide bonds. The third-order valence-corrected chi connectivity index (χ3v) is 7.34. The van der Waals surface area contributed by atoms with E-state index in [4.69, 9.17) is 15.7 Å². The third-order valence-electron chi connectivity index (χ3n) is 6.16. The number of aryl methyl sites for hydroxylation is 2. The number of aliphatic hydroxyl groups is 1. The molecule has 3 aromatic rings. The van der Waals surface area contributed by atoms with E-state index in [0.717, 1.165) is 41.5 Å². The van der Waals surface area contributed by atoms with E-state index in [9.17, 15) is 18.7 Å². The molecule has 3 N–H and O–H groups in total. The number of fused-ring (bicyclic) bond motifs is 3. The molecule has 4 heterocycles. The number of halogens is 2. The van der Waals surface area contributed by atoms with Gasteiger partial charge in [-0.3, -0.25) is 9.78 Å². The average molecular weight is 445 g/mol. The smallest absolute Gasteiger partial charge is 0.353 e. The van der Waals surface area contributed by atoms with E-state index in [2.05, 4.69) is 4.98 Å². The van der Waals surface area contributed by atoms with Crippen LogP contribution in [0.2, 0.25) is 0 Å². The van der Waals surface area contributed by atoms with Crippen molar-refractivity contribution in [3.8, 4) is 11.4 Å². The van der Waals surface area contributed by atoms with Gasteiger partial charge in [0.05, 0.1) is 11.9 Å². The van der Waals surface area contributed by atoms with Crippen molar-refractivity contribution in [2.24, 2.45) is 5.73 Å². The lowest BCUT2D eigenvalue weighted by molar-refractivity contribution is -0.183. The summed E-state index contributed by atoms with van der Waals surface area (Å²) in [5.41, 5.74) is 4.22. The number of β-amino-alcohol motifs (C(OH)–C–C–N with tert-alkyl or cyclic N) is 1. The van der Waals surface area contributed by atoms with Crippen molar-refractivity contribution < 1.29 is 18.7 Å². The number of nitrogens with two attached hydrogens (primary N) is 1. The zero-order valence-electron chi connectivity index (χ0n) is 16.6. The molecule has 0 radical (unpaired) electrons. The van der Waals surface area contributed by atoms with Crippen LogP contribution in [-0.2, 0) is 17.6 Å². The number of aromatic nitrogens is 3. The number of rotatable bonds is 4. The zero-order valence-corrected chi connectivity index (χ0v) is 17.5. The molecule has 1 atom stereocenters. The van der Waals surface area contributed by atoms with Gasteiger partial charge in [-0.1, -0.05) is 0 Å². The fourth-order valence-corrected chi connectivity index (χ4v) is 5.71. The normalized spacial score (nSPS) is 21.5. The average Bonchev–Trinajstić information content (AvgIpc) is 3.35. The van der Waals surface area contributed by atoms with Gasteiger partial charge in [0.25, 0.3) is 5.91 Å². The Labute approximate surface area is 180 Å². The van der Waals surface area contributed by atoms with Crippen LogP contribution in [0.25, 0.3) is 21.6 Å². The zero-order chi connectivity index (χ0) is 21.8. The molecule has 3 aromatic heterocycles. The van der Waals surface area contributed by atoms with E-state index in [1.807, 2.05) is 6.07 Å². The van der Waals surface area contributed by atoms with Crippen molar-refractivity contribution >= 4 is 33.3 Å². The molecule has 1 aliphatic heterocycles. The molecule has 1 unspecified atom stereocenters. The van der Waals surface area contributed by atoms with Crippen LogP contribution in [0.5, 0.6) is 0 Å². The number of hydrogen-bond donors (Lipinski definition) is 2. The van der Waals surface area contributed by atoms with Crippen LogP contribution < -0.4 is 10.6 Å². The lowest BCUT2D eigenvalue weighted by Crippen LogP contribution is -2.57. The van der Waals surface area contributed by atoms with Crippen LogP contribution in [0.15, 0.2) is 24.5 Å². The molecular weight excluding hydrogens is 424 g/mol. The highest BCUT2D eigenvalue weighted by Crippen LogP contribution is 2.44. The van der Waals surface area contributed by atoms with Crippen molar-refractivity contribution in [2.45, 2.75) is 43.6 Å². The minimum absolute atomic E-state index is 0.128. The fraction of sp³-hybridized carbons (Fsp3) is 0.429. The quantitative estimate of drug-likeness (QED) is 0.640. The second-order valence-electron chi connectivity index (χ2n) is 8.15. The Morgan fingerprint density at radius 1 is 1.29 bits per heavy atom. The van der Waals surface area contributed by atoms with Crippen molar-refractivity contribution in [3.05, 3.63) is 35.0 Å². The summed E-state index contributed by atoms with van der Waals surface area (Å²) >= 11 is 1.61. The van der Waals surface area contributed by atoms with Crippen LogP contribution in [0.3, 0.4) is 0 Å². The topological polar surface area (TPSA) is 105 Å². The molecule has 0 aromatic carbocycles. The second kappa shape index (κ2) is 7.16. The SMILES string of the molecule is NC(=O)C(F)(F)C1(O)CCN(c2nc(-c3cccnc3)nc3sc4c(c23)CCCC4)C1. The van der Waals surface area contributed by atoms with Gasteiger partial charge in [-0.05, 0) is 43.4 Å². The van der Waals surface area contributed by atoms with E-state index in [-0.39, 0.29) is 13.0 Å². The summed E-state index contributed by atoms with van der Waals surface area (Å²) in [7, 11) is 0. The van der Waals surface area contributed by atoms with Gasteiger partial charge in [0.1, 0.15) is 10.6 Å². The molecule has 1 saturated heterocycles. The molecule has 162 valence electrons. The molecular formula is C21H21F2N5O2S. The minimum Gasteiger partial charge on any atom is -0.381 e. The summed E-state index contributed by atoms with van der Waals surface area (Å²) in [6, 6.07) is 3.62. The Bertz CT molecular complexity index is 1170. The summed E-state index contributed by atoms with van der Waals surface area (Å²) in [5, 5.41) is 11.5. The van der Waals surface area contributed by atoms with Crippen molar-refractivity contribution in [1.82, 2.24) is 15.0 Å². The molecule has 31 heavy (non-hydrogen) atoms. The van der Waals surface area contributed by atoms with Crippen molar-refractivity contribution in [1.29, 1.82) is 0 Å². The maximum absolute atomic E-state index is 14.4. The van der Waals surface area contributed by atoms with Crippen LogP contribution in [0.1, 0.15) is 29.7 Å². The Morgan fingerprint density at radius 2 is 2.10 bits per heavy atom. The number of thiophene rings is 1. The second-order valence-corrected chi connectivity index (χ2v) is 9.23. The Kier molecular flexibility index (Phi) is 4.67. The fourth-order valence-electron chi connectivity index (χ4n) is 4.45. The first-order valence-electron chi connectivity index (χ1n) is 10.2. The summed E-state index contributed by atoms with van der Waals surface area (Å²) in [6.07, 6.45) is 7.01. The summed E-state index contributed by atoms with van der Waals surface area (Å²) in [4.78, 5) is 28.6. The molecule has 7 nitrogen and oxygen atoms in total. The number of nitrogens with zero attached hydrogens (tertiary/aromatic N) is 4. The van der Waals surface area contributed by atoms with E-state index in [1.54, 1.807) is 34.7 Å². The van der Waals surface area contributed by atoms with Gasteiger partial charge in [0, 0.05) is 35.8 Å². The number of alkyl halides is 2. The first kappa shape index (κ1) is 20.2. The predicted octanol–water partition coefficient (Wildman–Crippen LogP) is 2.69. The molecule has 0 saturated carbocycles. The number of primary amides is 1. The van der Waals surface area contributed by atoms with Crippen LogP contribution in [-0.4, -0.2) is 50.6 Å². The van der Waals surface area contributed by atoms with Gasteiger partial charge >= 0.3 is 5.92 Å². The number of pyridine rings is 1. The molecule has 0 bridgehead atoms. The number of carbonyl (C=O) groups is 1. The highest BCUT2D eigenvalue weighted by molar-refractivity contribution is 7.19. The molecule has 1 fully saturated rings. The van der Waals surface area contributed by atoms with Crippen LogP contribution >= 0.6 is 11.3 Å². The third kappa shape index (κ3) is 3.16. The maximum Gasteiger partial charge on any atom is 0.353 e. The molecule has 5 rings (SSSR count). The van der Waals surface area contributed by atoms with Gasteiger partial charge in [0.15, 0.2) is 11.4 Å². The summed E-state index contributed by atoms with van der Waals surface area (Å²) < 4.78 is 28.8. The highest BCUT2D eigenvalue weighted by atomic mass is 32.1. The standard InChI is InChI=1S/C21H21F2N5O2S/c22-21(23,19(24)29)20(30)7-9-28(11-20)17-15-13-5-1-2-6-14(13)31-18(15)27-16(26-17)12-4-3-8-25-10-12/h3-4,8,10,30H,1-2,5-7,9,11H2,(H2,24,29). The van der Waals surface area contributed by atoms with Crippen molar-refractivity contribution in [3.63, 3.8) is 0 Å². The summed E-state index contributed by atoms with van der Waals surface area (Å²) in [6.45, 7) is -0.311. The minimum atomic E-state index is -4.03. The number of anilines is 1. The van der Waals surface area contributed by atoms with Gasteiger partial charge in [-0.2, -0.15) is 8.78 Å². The predicted molar refractivity (Wildman–Crippen MR) is 113 cm³/mol. The van der Waals surface area contributed by atoms with E-state index in [0.29, 0.717) is 17.2 Å². The molecule has 10 heteroatoms. The highest BCUT2D eigenvalue weighted by Gasteiger charge is 2.60. The van der Waals surface area contributed by atoms with Crippen LogP contribution in [0.4, 0.5) is 14.6 Å². The van der Waals surface area contributed by atoms with Gasteiger partial charge in [-0.25, -0.2) is 9.97 Å². The number of hydrogen-bond acceptors (Lipinski definition) is 7. The van der Waals surface area contributed by atoms with Gasteiger partial charge < -0.3 is 15.7 Å². The monoisotopic (exact) mass is 445 g/mol. The Morgan fingerprint density at radius 3 is 2.84 bits per heavy atom. The Balaban J connectivity index is 1.65. The van der Waals surface area contributed by atoms with Crippen LogP contribution in [0, 0.1) is 0 Å².